The maximum absolute atomic E-state index is 12.9. The second-order valence-corrected chi connectivity index (χ2v) is 2.28. The molecule has 60 valence electrons. The van der Waals surface area contributed by atoms with E-state index in [1.165, 1.54) is 6.07 Å². The van der Waals surface area contributed by atoms with Gasteiger partial charge in [0.25, 0.3) is 0 Å². The van der Waals surface area contributed by atoms with Crippen molar-refractivity contribution >= 4 is 5.82 Å². The van der Waals surface area contributed by atoms with Crippen molar-refractivity contribution in [1.82, 2.24) is 4.98 Å². The molecular formula is C8H11FN2. The van der Waals surface area contributed by atoms with E-state index in [9.17, 15) is 4.39 Å². The van der Waals surface area contributed by atoms with Crippen molar-refractivity contribution in [1.29, 1.82) is 0 Å². The minimum Gasteiger partial charge on any atom is -0.371 e. The molecule has 0 saturated heterocycles. The first-order chi connectivity index (χ1) is 5.27. The Kier molecular flexibility index (Phi) is 2.41. The lowest BCUT2D eigenvalue weighted by molar-refractivity contribution is 0.623. The van der Waals surface area contributed by atoms with Crippen LogP contribution in [0, 0.1) is 5.82 Å². The lowest BCUT2D eigenvalue weighted by Crippen LogP contribution is -1.97. The molecule has 0 unspecified atom stereocenters. The Morgan fingerprint density at radius 1 is 1.64 bits per heavy atom. The minimum atomic E-state index is -0.285. The molecule has 0 atom stereocenters. The van der Waals surface area contributed by atoms with Crippen LogP contribution in [0.15, 0.2) is 12.3 Å². The Balaban J connectivity index is 2.99. The molecule has 0 radical (unpaired) electrons. The molecule has 0 aliphatic carbocycles. The summed E-state index contributed by atoms with van der Waals surface area (Å²) in [6, 6.07) is 1.50. The van der Waals surface area contributed by atoms with Gasteiger partial charge in [0.2, 0.25) is 0 Å². The summed E-state index contributed by atoms with van der Waals surface area (Å²) >= 11 is 0. The van der Waals surface area contributed by atoms with E-state index in [-0.39, 0.29) is 5.82 Å². The van der Waals surface area contributed by atoms with E-state index in [2.05, 4.69) is 10.3 Å². The van der Waals surface area contributed by atoms with Crippen LogP contribution >= 0.6 is 0 Å². The third-order valence-electron chi connectivity index (χ3n) is 1.54. The molecule has 1 N–H and O–H groups in total. The Morgan fingerprint density at radius 3 is 2.82 bits per heavy atom. The number of pyridine rings is 1. The number of anilines is 1. The Bertz CT molecular complexity index is 248. The van der Waals surface area contributed by atoms with Gasteiger partial charge in [-0.3, -0.25) is 0 Å². The average molecular weight is 154 g/mol. The van der Waals surface area contributed by atoms with E-state index in [0.29, 0.717) is 5.82 Å². The van der Waals surface area contributed by atoms with Gasteiger partial charge < -0.3 is 5.32 Å². The Hall–Kier alpha value is -1.12. The zero-order valence-corrected chi connectivity index (χ0v) is 6.69. The molecule has 1 heterocycles. The van der Waals surface area contributed by atoms with Crippen molar-refractivity contribution in [2.45, 2.75) is 13.3 Å². The first-order valence-corrected chi connectivity index (χ1v) is 3.60. The topological polar surface area (TPSA) is 24.9 Å². The summed E-state index contributed by atoms with van der Waals surface area (Å²) in [7, 11) is 1.65. The van der Waals surface area contributed by atoms with E-state index in [0.717, 1.165) is 12.0 Å². The lowest BCUT2D eigenvalue weighted by Gasteiger charge is -2.01. The molecule has 1 rings (SSSR count). The van der Waals surface area contributed by atoms with Crippen molar-refractivity contribution in [3.63, 3.8) is 0 Å². The van der Waals surface area contributed by atoms with E-state index < -0.39 is 0 Å². The molecule has 0 fully saturated rings. The average Bonchev–Trinajstić information content (AvgIpc) is 2.04. The number of aryl methyl sites for hydroxylation is 1. The molecule has 0 amide bonds. The summed E-state index contributed by atoms with van der Waals surface area (Å²) < 4.78 is 12.9. The van der Waals surface area contributed by atoms with Gasteiger partial charge in [0.05, 0.1) is 0 Å². The summed E-state index contributed by atoms with van der Waals surface area (Å²) in [6.07, 6.45) is 2.49. The van der Waals surface area contributed by atoms with Crippen LogP contribution in [-0.2, 0) is 6.42 Å². The predicted molar refractivity (Wildman–Crippen MR) is 43.1 cm³/mol. The predicted octanol–water partition coefficient (Wildman–Crippen LogP) is 1.82. The quantitative estimate of drug-likeness (QED) is 0.702. The van der Waals surface area contributed by atoms with Crippen LogP contribution in [-0.4, -0.2) is 12.0 Å². The van der Waals surface area contributed by atoms with Gasteiger partial charge in [-0.05, 0) is 18.1 Å². The highest BCUT2D eigenvalue weighted by Gasteiger charge is 2.00. The van der Waals surface area contributed by atoms with Gasteiger partial charge in [-0.1, -0.05) is 6.92 Å². The Labute approximate surface area is 65.5 Å². The number of hydrogen-bond acceptors (Lipinski definition) is 2. The molecule has 0 spiro atoms. The van der Waals surface area contributed by atoms with E-state index in [1.807, 2.05) is 6.92 Å². The molecule has 3 heteroatoms. The van der Waals surface area contributed by atoms with Gasteiger partial charge >= 0.3 is 0 Å². The number of rotatable bonds is 2. The van der Waals surface area contributed by atoms with Crippen LogP contribution in [0.25, 0.3) is 0 Å². The highest BCUT2D eigenvalue weighted by Crippen LogP contribution is 2.10. The number of hydrogen-bond donors (Lipinski definition) is 1. The van der Waals surface area contributed by atoms with Crippen LogP contribution < -0.4 is 5.32 Å². The number of nitrogens with one attached hydrogen (secondary N) is 1. The minimum absolute atomic E-state index is 0.285. The maximum Gasteiger partial charge on any atom is 0.165 e. The number of halogens is 1. The van der Waals surface area contributed by atoms with Crippen molar-refractivity contribution in [3.8, 4) is 0 Å². The van der Waals surface area contributed by atoms with E-state index >= 15 is 0 Å². The smallest absolute Gasteiger partial charge is 0.165 e. The summed E-state index contributed by atoms with van der Waals surface area (Å²) in [5.74, 6) is 0.0223. The zero-order valence-electron chi connectivity index (χ0n) is 6.69. The number of aromatic nitrogens is 1. The van der Waals surface area contributed by atoms with Gasteiger partial charge in [0.15, 0.2) is 11.6 Å². The van der Waals surface area contributed by atoms with Gasteiger partial charge in [-0.15, -0.1) is 0 Å². The molecule has 0 aliphatic heterocycles. The maximum atomic E-state index is 12.9. The molecule has 1 aromatic heterocycles. The second-order valence-electron chi connectivity index (χ2n) is 2.28. The van der Waals surface area contributed by atoms with Gasteiger partial charge in [0, 0.05) is 13.2 Å². The monoisotopic (exact) mass is 154 g/mol. The Morgan fingerprint density at radius 2 is 2.36 bits per heavy atom. The fourth-order valence-electron chi connectivity index (χ4n) is 0.855. The van der Waals surface area contributed by atoms with Gasteiger partial charge in [-0.25, -0.2) is 9.37 Å². The second kappa shape index (κ2) is 3.32. The molecule has 0 aliphatic rings. The van der Waals surface area contributed by atoms with E-state index in [4.69, 9.17) is 0 Å². The number of nitrogens with zero attached hydrogens (tertiary/aromatic N) is 1. The third kappa shape index (κ3) is 1.67. The largest absolute Gasteiger partial charge is 0.371 e. The first-order valence-electron chi connectivity index (χ1n) is 3.60. The standard InChI is InChI=1S/C8H11FN2/c1-3-6-4-7(9)8(10-2)11-5-6/h4-5H,3H2,1-2H3,(H,10,11). The fraction of sp³-hybridized carbons (Fsp3) is 0.375. The molecule has 0 saturated carbocycles. The molecular weight excluding hydrogens is 143 g/mol. The van der Waals surface area contributed by atoms with Crippen LogP contribution in [0.3, 0.4) is 0 Å². The summed E-state index contributed by atoms with van der Waals surface area (Å²) in [4.78, 5) is 3.88. The fourth-order valence-corrected chi connectivity index (χ4v) is 0.855. The van der Waals surface area contributed by atoms with Crippen LogP contribution in [0.4, 0.5) is 10.2 Å². The van der Waals surface area contributed by atoms with Crippen molar-refractivity contribution in [2.24, 2.45) is 0 Å². The van der Waals surface area contributed by atoms with Gasteiger partial charge in [-0.2, -0.15) is 0 Å². The highest BCUT2D eigenvalue weighted by atomic mass is 19.1. The molecule has 2 nitrogen and oxygen atoms in total. The summed E-state index contributed by atoms with van der Waals surface area (Å²) in [6.45, 7) is 1.97. The lowest BCUT2D eigenvalue weighted by atomic mass is 10.2. The first kappa shape index (κ1) is 7.98. The van der Waals surface area contributed by atoms with Crippen molar-refractivity contribution in [2.75, 3.05) is 12.4 Å². The van der Waals surface area contributed by atoms with Crippen LogP contribution in [0.5, 0.6) is 0 Å². The zero-order chi connectivity index (χ0) is 8.27. The van der Waals surface area contributed by atoms with E-state index in [1.54, 1.807) is 13.2 Å². The summed E-state index contributed by atoms with van der Waals surface area (Å²) in [5, 5.41) is 2.66. The molecule has 11 heavy (non-hydrogen) atoms. The third-order valence-corrected chi connectivity index (χ3v) is 1.54. The molecule has 1 aromatic rings. The van der Waals surface area contributed by atoms with Crippen LogP contribution in [0.1, 0.15) is 12.5 Å². The SMILES string of the molecule is CCc1cnc(NC)c(F)c1. The molecule has 0 bridgehead atoms. The van der Waals surface area contributed by atoms with Crippen LogP contribution in [0.2, 0.25) is 0 Å². The normalized spacial score (nSPS) is 9.73. The van der Waals surface area contributed by atoms with Crippen molar-refractivity contribution in [3.05, 3.63) is 23.6 Å². The van der Waals surface area contributed by atoms with Gasteiger partial charge in [0.1, 0.15) is 0 Å². The highest BCUT2D eigenvalue weighted by molar-refractivity contribution is 5.36. The van der Waals surface area contributed by atoms with Crippen molar-refractivity contribution < 1.29 is 4.39 Å². The molecule has 0 aromatic carbocycles. The summed E-state index contributed by atoms with van der Waals surface area (Å²) in [5.41, 5.74) is 0.918.